The molecule has 2 aromatic heterocycles. The number of hydrogen-bond acceptors (Lipinski definition) is 34. The number of alkyl carbamates (subject to hydrolysis) is 1. The van der Waals surface area contributed by atoms with Gasteiger partial charge in [0.2, 0.25) is 23.6 Å². The van der Waals surface area contributed by atoms with Crippen molar-refractivity contribution >= 4 is 58.3 Å². The summed E-state index contributed by atoms with van der Waals surface area (Å²) in [4.78, 5) is 112. The van der Waals surface area contributed by atoms with Gasteiger partial charge in [0, 0.05) is 67.4 Å². The van der Waals surface area contributed by atoms with Crippen LogP contribution in [0.2, 0.25) is 0 Å². The molecule has 0 unspecified atom stereocenters. The molecule has 1 aliphatic carbocycles. The minimum atomic E-state index is -2.06. The number of unbranched alkanes of at least 4 members (excludes halogenated alkanes) is 1. The Morgan fingerprint density at radius 3 is 1.63 bits per heavy atom. The lowest BCUT2D eigenvalue weighted by Crippen LogP contribution is -2.56. The number of halogens is 1. The second kappa shape index (κ2) is 58.6. The van der Waals surface area contributed by atoms with E-state index in [4.69, 9.17) is 93.0 Å². The first kappa shape index (κ1) is 108. The molecule has 0 fully saturated rings. The summed E-state index contributed by atoms with van der Waals surface area (Å²) < 4.78 is 94.3. The van der Waals surface area contributed by atoms with Gasteiger partial charge in [-0.2, -0.15) is 0 Å². The molecule has 7 amide bonds. The summed E-state index contributed by atoms with van der Waals surface area (Å²) in [7, 11) is 0. The number of carbonyl (C=O) groups is 7. The highest BCUT2D eigenvalue weighted by molar-refractivity contribution is 5.99. The number of nitrogens with two attached hydrogens (primary N) is 2. The Morgan fingerprint density at radius 1 is 0.628 bits per heavy atom. The minimum absolute atomic E-state index is 0.0455. The van der Waals surface area contributed by atoms with E-state index in [0.29, 0.717) is 208 Å². The highest BCUT2D eigenvalue weighted by Crippen LogP contribution is 2.46. The summed E-state index contributed by atoms with van der Waals surface area (Å²) in [5.74, 6) is -3.85. The van der Waals surface area contributed by atoms with E-state index >= 15 is 4.39 Å². The van der Waals surface area contributed by atoms with Gasteiger partial charge in [-0.3, -0.25) is 28.9 Å². The number of cyclic esters (lactones) is 1. The molecule has 11 atom stereocenters. The molecular weight excluding hydrogens is 1700 g/mol. The number of pyridine rings is 2. The molecule has 19 N–H and O–H groups in total. The van der Waals surface area contributed by atoms with E-state index in [1.165, 1.54) is 15.5 Å². The first-order chi connectivity index (χ1) is 62.1. The summed E-state index contributed by atoms with van der Waals surface area (Å²) in [6, 6.07) is 4.62. The summed E-state index contributed by atoms with van der Waals surface area (Å²) in [5, 5.41) is 107. The van der Waals surface area contributed by atoms with Crippen LogP contribution in [0, 0.1) is 18.7 Å². The first-order valence-electron chi connectivity index (χ1n) is 43.9. The number of nitrogens with one attached hydrogen (secondary N) is 6. The van der Waals surface area contributed by atoms with Crippen molar-refractivity contribution in [3.8, 4) is 11.4 Å². The fraction of sp³-hybridized carbons (Fsp3) is 0.686. The molecule has 0 saturated heterocycles. The van der Waals surface area contributed by atoms with Gasteiger partial charge < -0.3 is 160 Å². The molecule has 0 radical (unpaired) electrons. The number of amides is 7. The molecule has 4 heterocycles. The third-order valence-corrected chi connectivity index (χ3v) is 21.7. The number of anilines is 1. The number of ether oxygens (including phenoxy) is 14. The maximum atomic E-state index is 15.5. The number of aromatic nitrogens is 2. The van der Waals surface area contributed by atoms with Crippen LogP contribution in [0.4, 0.5) is 19.7 Å². The summed E-state index contributed by atoms with van der Waals surface area (Å²) in [6.45, 7) is 12.8. The van der Waals surface area contributed by atoms with Gasteiger partial charge in [0.1, 0.15) is 55.5 Å². The number of benzene rings is 2. The molecule has 0 bridgehead atoms. The van der Waals surface area contributed by atoms with E-state index in [-0.39, 0.29) is 128 Å². The molecule has 43 heteroatoms. The highest BCUT2D eigenvalue weighted by Gasteiger charge is 2.46. The third kappa shape index (κ3) is 35.6. The number of primary amides is 1. The number of aliphatic hydroxyl groups is 9. The molecule has 2 aromatic carbocycles. The molecular formula is C86H134FN11O31. The Bertz CT molecular complexity index is 4120. The number of rotatable bonds is 69. The molecule has 7 rings (SSSR count). The molecule has 4 aromatic rings. The maximum absolute atomic E-state index is 15.5. The topological polar surface area (TPSA) is 593 Å². The van der Waals surface area contributed by atoms with Gasteiger partial charge in [0.05, 0.1) is 225 Å². The van der Waals surface area contributed by atoms with Crippen LogP contribution in [0.1, 0.15) is 117 Å². The van der Waals surface area contributed by atoms with E-state index in [2.05, 4.69) is 31.9 Å². The van der Waals surface area contributed by atoms with Crippen molar-refractivity contribution in [1.29, 1.82) is 0 Å². The van der Waals surface area contributed by atoms with Gasteiger partial charge in [-0.05, 0) is 105 Å². The number of hydrogen-bond donors (Lipinski definition) is 17. The van der Waals surface area contributed by atoms with Gasteiger partial charge >= 0.3 is 18.1 Å². The molecule has 0 saturated carbocycles. The average Bonchev–Trinajstić information content (AvgIpc) is 1.57. The quantitative estimate of drug-likeness (QED) is 0.0149. The average molecular weight is 1840 g/mol. The van der Waals surface area contributed by atoms with E-state index in [0.717, 1.165) is 5.56 Å². The number of esters is 1. The zero-order chi connectivity index (χ0) is 93.6. The largest absolute Gasteiger partial charge is 0.458 e. The molecule has 42 nitrogen and oxygen atoms in total. The maximum Gasteiger partial charge on any atom is 0.407 e. The van der Waals surface area contributed by atoms with E-state index in [1.807, 2.05) is 0 Å². The monoisotopic (exact) mass is 1840 g/mol. The molecule has 726 valence electrons. The lowest BCUT2D eigenvalue weighted by Gasteiger charge is -2.32. The van der Waals surface area contributed by atoms with Crippen molar-refractivity contribution in [3.05, 3.63) is 91.5 Å². The number of nitrogens with zero attached hydrogens (tertiary/aromatic N) is 3. The van der Waals surface area contributed by atoms with E-state index in [9.17, 15) is 74.1 Å². The van der Waals surface area contributed by atoms with E-state index < -0.39 is 133 Å². The highest BCUT2D eigenvalue weighted by atomic mass is 19.1. The summed E-state index contributed by atoms with van der Waals surface area (Å²) >= 11 is 0. The van der Waals surface area contributed by atoms with Gasteiger partial charge in [-0.1, -0.05) is 32.9 Å². The number of urea groups is 1. The van der Waals surface area contributed by atoms with Crippen molar-refractivity contribution in [2.24, 2.45) is 17.4 Å². The minimum Gasteiger partial charge on any atom is -0.458 e. The predicted molar refractivity (Wildman–Crippen MR) is 460 cm³/mol. The molecule has 129 heavy (non-hydrogen) atoms. The molecule has 0 spiro atoms. The number of carbonyl (C=O) groups excluding carboxylic acids is 7. The van der Waals surface area contributed by atoms with Crippen LogP contribution in [0.25, 0.3) is 22.3 Å². The first-order valence-corrected chi connectivity index (χ1v) is 43.9. The predicted octanol–water partition coefficient (Wildman–Crippen LogP) is -1.89. The van der Waals surface area contributed by atoms with Gasteiger partial charge in [-0.15, -0.1) is 0 Å². The van der Waals surface area contributed by atoms with Gasteiger partial charge in [0.15, 0.2) is 5.60 Å². The van der Waals surface area contributed by atoms with Crippen LogP contribution in [-0.2, 0) is 122 Å². The fourth-order valence-electron chi connectivity index (χ4n) is 14.3. The second-order valence-corrected chi connectivity index (χ2v) is 31.5. The van der Waals surface area contributed by atoms with Crippen LogP contribution in [0.5, 0.6) is 0 Å². The number of fused-ring (bicyclic) bond motifs is 5. The van der Waals surface area contributed by atoms with Crippen LogP contribution in [-0.4, -0.2) is 361 Å². The van der Waals surface area contributed by atoms with Crippen molar-refractivity contribution < 1.29 is 150 Å². The van der Waals surface area contributed by atoms with Crippen LogP contribution >= 0.6 is 0 Å². The van der Waals surface area contributed by atoms with Crippen LogP contribution in [0.3, 0.4) is 0 Å². The van der Waals surface area contributed by atoms with Crippen LogP contribution in [0.15, 0.2) is 41.2 Å². The summed E-state index contributed by atoms with van der Waals surface area (Å²) in [6.07, 6.45) is -8.03. The zero-order valence-corrected chi connectivity index (χ0v) is 74.1. The Labute approximate surface area is 748 Å². The number of aliphatic hydroxyl groups excluding tert-OH is 8. The van der Waals surface area contributed by atoms with E-state index in [1.54, 1.807) is 58.0 Å². The Hall–Kier alpha value is -8.30. The Kier molecular flexibility index (Phi) is 48.9. The molecule has 3 aliphatic rings. The Morgan fingerprint density at radius 2 is 1.13 bits per heavy atom. The standard InChI is InChI=1S/C86H134FN11O31/c1-5-86(115)61-45-67-76-59(47-98(67)82(111)60(61)53-128-83(86)112)74-64(16-15-58-55(4)62(87)46-66(93-76)73(58)74)95-85(114)129-52-56-11-13-57(14-12-56)92-80(109)65(10-8-19-91-84(89)113)94-81(110)75(54(2)3)96-79(108)63(88)9-6-7-18-90-72(105)17-21-116-23-25-118-27-29-120-31-33-122-35-37-124-39-41-126-43-44-127-42-40-125-38-36-123-34-32-121-30-28-119-26-24-117-22-20-97(48-68(101)77(106)70(103)50-99)49-69(102)78(107)71(104)51-100/h11-14,45-46,54,63-65,68-71,75,77-78,99-104,106-107,115H,5-10,15-44,47-53,88H2,1-4H3,(H,90,105)(H,92,109)(H,94,110)(H,95,114)(H,96,108)(H3,89,91,113)/t63-,64-,65-,68-,69-,70+,71+,75-,77+,78+,86-/m0/s1. The third-order valence-electron chi connectivity index (χ3n) is 21.7. The van der Waals surface area contributed by atoms with Gasteiger partial charge in [0.25, 0.3) is 5.56 Å². The normalized spacial score (nSPS) is 16.7. The lowest BCUT2D eigenvalue weighted by molar-refractivity contribution is -0.172. The SMILES string of the molecule is CC[C@@]1(O)C(=O)OCc2c1cc1n(c2=O)Cc2c-1nc1cc(F)c(C)c3c1c2[C@@H](NC(=O)OCc1ccc(NC(=O)[C@H](CCCNC(N)=O)NC(=O)[C@@H](NC(=O)[C@@H](N)CCCCNC(=O)CCOCCOCCOCCOCCOCCOCCOCCOCCOCCOCCOCCOCCN(C[C@H](O)[C@@H](O)[C@H](O)CO)C[C@H](O)[C@@H](O)[C@H](O)CO)C(C)C)cc1)CC3. The second-order valence-electron chi connectivity index (χ2n) is 31.5. The number of aryl methyl sites for hydroxylation is 1. The van der Waals surface area contributed by atoms with Crippen LogP contribution < -0.4 is 48.9 Å². The van der Waals surface area contributed by atoms with Gasteiger partial charge in [-0.25, -0.2) is 23.8 Å². The van der Waals surface area contributed by atoms with Crippen molar-refractivity contribution in [2.45, 2.75) is 172 Å². The molecule has 2 aliphatic heterocycles. The van der Waals surface area contributed by atoms with Crippen molar-refractivity contribution in [2.75, 3.05) is 210 Å². The van der Waals surface area contributed by atoms with Crippen molar-refractivity contribution in [1.82, 2.24) is 41.0 Å². The zero-order valence-electron chi connectivity index (χ0n) is 74.1. The fourth-order valence-corrected chi connectivity index (χ4v) is 14.3. The smallest absolute Gasteiger partial charge is 0.407 e. The van der Waals surface area contributed by atoms with Crippen molar-refractivity contribution in [3.63, 3.8) is 0 Å². The lowest BCUT2D eigenvalue weighted by atomic mass is 9.81. The Balaban J connectivity index is 0.643. The summed E-state index contributed by atoms with van der Waals surface area (Å²) in [5.41, 5.74) is 13.6.